The molecule has 0 spiro atoms. The molecule has 2 aromatic rings. The monoisotopic (exact) mass is 189 g/mol. The Labute approximate surface area is 81.1 Å². The Bertz CT molecular complexity index is 528. The minimum atomic E-state index is -0.329. The number of benzene rings is 1. The van der Waals surface area contributed by atoms with Crippen molar-refractivity contribution in [3.05, 3.63) is 40.2 Å². The zero-order chi connectivity index (χ0) is 10.1. The van der Waals surface area contributed by atoms with E-state index in [2.05, 4.69) is 0 Å². The second-order valence-corrected chi connectivity index (χ2v) is 3.20. The van der Waals surface area contributed by atoms with Crippen molar-refractivity contribution in [2.45, 2.75) is 13.3 Å². The Morgan fingerprint density at radius 1 is 1.36 bits per heavy atom. The predicted octanol–water partition coefficient (Wildman–Crippen LogP) is 1.94. The Morgan fingerprint density at radius 3 is 2.86 bits per heavy atom. The van der Waals surface area contributed by atoms with E-state index in [0.29, 0.717) is 5.58 Å². The van der Waals surface area contributed by atoms with Crippen molar-refractivity contribution in [2.75, 3.05) is 5.73 Å². The normalized spacial score (nSPS) is 10.6. The molecule has 0 radical (unpaired) electrons. The summed E-state index contributed by atoms with van der Waals surface area (Å²) < 4.78 is 5.05. The molecule has 0 bridgehead atoms. The van der Waals surface area contributed by atoms with Gasteiger partial charge in [0.05, 0.1) is 0 Å². The summed E-state index contributed by atoms with van der Waals surface area (Å²) in [4.78, 5) is 11.0. The predicted molar refractivity (Wildman–Crippen MR) is 56.3 cm³/mol. The second kappa shape index (κ2) is 3.18. The third-order valence-electron chi connectivity index (χ3n) is 2.26. The topological polar surface area (TPSA) is 56.2 Å². The molecule has 2 rings (SSSR count). The van der Waals surface area contributed by atoms with Crippen LogP contribution in [-0.2, 0) is 6.42 Å². The summed E-state index contributed by atoms with van der Waals surface area (Å²) in [6.45, 7) is 2.01. The second-order valence-electron chi connectivity index (χ2n) is 3.20. The summed E-state index contributed by atoms with van der Waals surface area (Å²) in [6, 6.07) is 6.77. The van der Waals surface area contributed by atoms with Crippen molar-refractivity contribution in [1.82, 2.24) is 0 Å². The van der Waals surface area contributed by atoms with E-state index >= 15 is 0 Å². The summed E-state index contributed by atoms with van der Waals surface area (Å²) in [6.07, 6.45) is 0.834. The van der Waals surface area contributed by atoms with Crippen LogP contribution in [0.3, 0.4) is 0 Å². The van der Waals surface area contributed by atoms with Crippen LogP contribution in [0.4, 0.5) is 5.69 Å². The first-order chi connectivity index (χ1) is 6.70. The first-order valence-corrected chi connectivity index (χ1v) is 4.53. The number of nitrogen functional groups attached to an aromatic ring is 1. The van der Waals surface area contributed by atoms with Gasteiger partial charge in [-0.1, -0.05) is 6.92 Å². The lowest BCUT2D eigenvalue weighted by Gasteiger charge is -2.03. The Balaban J connectivity index is 2.80. The molecule has 0 aliphatic carbocycles. The molecule has 0 atom stereocenters. The van der Waals surface area contributed by atoms with E-state index in [9.17, 15) is 4.79 Å². The van der Waals surface area contributed by atoms with Crippen LogP contribution >= 0.6 is 0 Å². The van der Waals surface area contributed by atoms with Gasteiger partial charge in [-0.3, -0.25) is 0 Å². The molecular formula is C11H11NO2. The maximum absolute atomic E-state index is 11.0. The minimum Gasteiger partial charge on any atom is -0.423 e. The van der Waals surface area contributed by atoms with Crippen molar-refractivity contribution in [2.24, 2.45) is 0 Å². The SMILES string of the molecule is CCc1cc2oc(=O)ccc2cc1N. The van der Waals surface area contributed by atoms with Crippen molar-refractivity contribution >= 4 is 16.7 Å². The van der Waals surface area contributed by atoms with Gasteiger partial charge in [0.1, 0.15) is 5.58 Å². The fraction of sp³-hybridized carbons (Fsp3) is 0.182. The summed E-state index contributed by atoms with van der Waals surface area (Å²) >= 11 is 0. The van der Waals surface area contributed by atoms with Crippen LogP contribution in [0.15, 0.2) is 33.5 Å². The Morgan fingerprint density at radius 2 is 2.14 bits per heavy atom. The van der Waals surface area contributed by atoms with Gasteiger partial charge in [0.2, 0.25) is 0 Å². The Kier molecular flexibility index (Phi) is 2.00. The molecule has 1 aromatic carbocycles. The molecule has 0 amide bonds. The number of nitrogens with two attached hydrogens (primary N) is 1. The van der Waals surface area contributed by atoms with Gasteiger partial charge in [0.15, 0.2) is 0 Å². The molecule has 14 heavy (non-hydrogen) atoms. The first-order valence-electron chi connectivity index (χ1n) is 4.53. The molecule has 72 valence electrons. The van der Waals surface area contributed by atoms with Gasteiger partial charge in [-0.25, -0.2) is 4.79 Å². The smallest absolute Gasteiger partial charge is 0.336 e. The number of rotatable bonds is 1. The van der Waals surface area contributed by atoms with Gasteiger partial charge < -0.3 is 10.2 Å². The highest BCUT2D eigenvalue weighted by atomic mass is 16.4. The number of fused-ring (bicyclic) bond motifs is 1. The molecule has 0 aliphatic rings. The van der Waals surface area contributed by atoms with Gasteiger partial charge in [-0.05, 0) is 30.2 Å². The summed E-state index contributed by atoms with van der Waals surface area (Å²) in [7, 11) is 0. The molecule has 3 nitrogen and oxygen atoms in total. The third kappa shape index (κ3) is 1.37. The van der Waals surface area contributed by atoms with Crippen LogP contribution in [0, 0.1) is 0 Å². The van der Waals surface area contributed by atoms with Crippen LogP contribution in [0.2, 0.25) is 0 Å². The number of hydrogen-bond acceptors (Lipinski definition) is 3. The van der Waals surface area contributed by atoms with E-state index in [1.165, 1.54) is 6.07 Å². The van der Waals surface area contributed by atoms with Crippen LogP contribution in [0.5, 0.6) is 0 Å². The molecule has 2 N–H and O–H groups in total. The van der Waals surface area contributed by atoms with Crippen LogP contribution in [-0.4, -0.2) is 0 Å². The highest BCUT2D eigenvalue weighted by Crippen LogP contribution is 2.20. The fourth-order valence-electron chi connectivity index (χ4n) is 1.48. The average molecular weight is 189 g/mol. The quantitative estimate of drug-likeness (QED) is 0.551. The molecule has 0 aliphatic heterocycles. The van der Waals surface area contributed by atoms with E-state index in [4.69, 9.17) is 10.2 Å². The molecule has 0 unspecified atom stereocenters. The van der Waals surface area contributed by atoms with Crippen LogP contribution in [0.25, 0.3) is 11.0 Å². The van der Waals surface area contributed by atoms with Crippen molar-refractivity contribution in [3.63, 3.8) is 0 Å². The fourth-order valence-corrected chi connectivity index (χ4v) is 1.48. The van der Waals surface area contributed by atoms with Crippen LogP contribution < -0.4 is 11.4 Å². The standard InChI is InChI=1S/C11H11NO2/c1-2-7-6-10-8(5-9(7)12)3-4-11(13)14-10/h3-6H,2,12H2,1H3. The van der Waals surface area contributed by atoms with E-state index in [1.54, 1.807) is 6.07 Å². The largest absolute Gasteiger partial charge is 0.423 e. The zero-order valence-corrected chi connectivity index (χ0v) is 7.91. The Hall–Kier alpha value is -1.77. The minimum absolute atomic E-state index is 0.329. The lowest BCUT2D eigenvalue weighted by atomic mass is 10.1. The highest BCUT2D eigenvalue weighted by Gasteiger charge is 2.02. The lowest BCUT2D eigenvalue weighted by Crippen LogP contribution is -1.97. The van der Waals surface area contributed by atoms with Gasteiger partial charge in [-0.15, -0.1) is 0 Å². The molecular weight excluding hydrogens is 178 g/mol. The molecule has 0 saturated heterocycles. The number of hydrogen-bond donors (Lipinski definition) is 1. The van der Waals surface area contributed by atoms with Crippen molar-refractivity contribution < 1.29 is 4.42 Å². The number of anilines is 1. The summed E-state index contributed by atoms with van der Waals surface area (Å²) in [5.74, 6) is 0. The molecule has 0 saturated carbocycles. The highest BCUT2D eigenvalue weighted by molar-refractivity contribution is 5.81. The van der Waals surface area contributed by atoms with Gasteiger partial charge >= 0.3 is 5.63 Å². The van der Waals surface area contributed by atoms with Gasteiger partial charge in [0.25, 0.3) is 0 Å². The molecule has 1 aromatic heterocycles. The van der Waals surface area contributed by atoms with E-state index < -0.39 is 0 Å². The van der Waals surface area contributed by atoms with E-state index in [1.807, 2.05) is 19.1 Å². The van der Waals surface area contributed by atoms with Crippen molar-refractivity contribution in [3.8, 4) is 0 Å². The van der Waals surface area contributed by atoms with Crippen LogP contribution in [0.1, 0.15) is 12.5 Å². The van der Waals surface area contributed by atoms with E-state index in [-0.39, 0.29) is 5.63 Å². The average Bonchev–Trinajstić information content (AvgIpc) is 2.17. The third-order valence-corrected chi connectivity index (χ3v) is 2.26. The summed E-state index contributed by atoms with van der Waals surface area (Å²) in [5, 5.41) is 0.860. The lowest BCUT2D eigenvalue weighted by molar-refractivity contribution is 0.560. The molecule has 0 fully saturated rings. The maximum Gasteiger partial charge on any atom is 0.336 e. The molecule has 1 heterocycles. The molecule has 3 heteroatoms. The first kappa shape index (κ1) is 8.81. The zero-order valence-electron chi connectivity index (χ0n) is 7.91. The van der Waals surface area contributed by atoms with E-state index in [0.717, 1.165) is 23.1 Å². The van der Waals surface area contributed by atoms with Gasteiger partial charge in [0, 0.05) is 17.1 Å². The maximum atomic E-state index is 11.0. The van der Waals surface area contributed by atoms with Gasteiger partial charge in [-0.2, -0.15) is 0 Å². The summed E-state index contributed by atoms with van der Waals surface area (Å²) in [5.41, 5.74) is 7.84. The number of aryl methyl sites for hydroxylation is 1. The van der Waals surface area contributed by atoms with Crippen molar-refractivity contribution in [1.29, 1.82) is 0 Å².